The van der Waals surface area contributed by atoms with Crippen LogP contribution in [0.3, 0.4) is 0 Å². The van der Waals surface area contributed by atoms with Crippen LogP contribution in [0.5, 0.6) is 5.75 Å². The summed E-state index contributed by atoms with van der Waals surface area (Å²) in [6.45, 7) is 1.70. The number of alkyl halides is 1. The number of ether oxygens (including phenoxy) is 2. The van der Waals surface area contributed by atoms with E-state index in [1.165, 1.54) is 13.2 Å². The zero-order valence-corrected chi connectivity index (χ0v) is 22.7. The van der Waals surface area contributed by atoms with Crippen LogP contribution in [-0.2, 0) is 16.0 Å². The number of rotatable bonds is 9. The number of pyridine rings is 1. The van der Waals surface area contributed by atoms with Crippen LogP contribution in [0.4, 0.5) is 24.8 Å². The third-order valence-corrected chi connectivity index (χ3v) is 7.13. The van der Waals surface area contributed by atoms with Crippen molar-refractivity contribution in [2.45, 2.75) is 12.6 Å². The third kappa shape index (κ3) is 6.10. The maximum absolute atomic E-state index is 15.7. The van der Waals surface area contributed by atoms with Gasteiger partial charge in [-0.3, -0.25) is 4.21 Å². The predicted octanol–water partition coefficient (Wildman–Crippen LogP) is 3.85. The molecule has 5 rings (SSSR count). The first-order valence-electron chi connectivity index (χ1n) is 12.7. The van der Waals surface area contributed by atoms with Gasteiger partial charge in [0.25, 0.3) is 0 Å². The summed E-state index contributed by atoms with van der Waals surface area (Å²) in [7, 11) is 1.41. The Morgan fingerprint density at radius 2 is 1.95 bits per heavy atom. The average molecular weight is 588 g/mol. The number of morpholine rings is 1. The Morgan fingerprint density at radius 3 is 2.63 bits per heavy atom. The van der Waals surface area contributed by atoms with E-state index >= 15 is 8.78 Å². The van der Waals surface area contributed by atoms with Gasteiger partial charge in [0.05, 0.1) is 25.9 Å². The van der Waals surface area contributed by atoms with Crippen LogP contribution < -0.4 is 20.1 Å². The van der Waals surface area contributed by atoms with Crippen LogP contribution in [0.15, 0.2) is 42.6 Å². The lowest BCUT2D eigenvalue weighted by atomic mass is 9.96. The smallest absolute Gasteiger partial charge is 0.163 e. The highest BCUT2D eigenvalue weighted by atomic mass is 32.2. The summed E-state index contributed by atoms with van der Waals surface area (Å²) in [6, 6.07) is 8.34. The monoisotopic (exact) mass is 587 g/mol. The van der Waals surface area contributed by atoms with Gasteiger partial charge in [-0.05, 0) is 42.3 Å². The van der Waals surface area contributed by atoms with E-state index in [0.717, 1.165) is 12.1 Å². The fourth-order valence-electron chi connectivity index (χ4n) is 4.67. The first kappa shape index (κ1) is 28.7. The van der Waals surface area contributed by atoms with E-state index in [1.807, 2.05) is 9.62 Å². The Labute approximate surface area is 236 Å². The number of hydrogen-bond donors (Lipinski definition) is 2. The zero-order chi connectivity index (χ0) is 29.1. The number of nitrogens with two attached hydrogens (primary N) is 1. The molecule has 0 radical (unpaired) electrons. The summed E-state index contributed by atoms with van der Waals surface area (Å²) < 4.78 is 80.4. The molecule has 14 heteroatoms. The molecule has 1 aliphatic rings. The SMILES string of the molecule is COc1cc(-c2c(F)ccc(C(F)CCNS(=O)[O-])c2F)cc2c(N3CCOCC3)nc(-c3ccc(N)nc3)nc12. The molecule has 1 fully saturated rings. The van der Waals surface area contributed by atoms with Gasteiger partial charge in [0, 0.05) is 53.6 Å². The first-order chi connectivity index (χ1) is 19.8. The van der Waals surface area contributed by atoms with Gasteiger partial charge >= 0.3 is 0 Å². The number of nitrogen functional groups attached to an aromatic ring is 1. The minimum Gasteiger partial charge on any atom is -0.760 e. The maximum Gasteiger partial charge on any atom is 0.163 e. The van der Waals surface area contributed by atoms with Gasteiger partial charge in [0.1, 0.15) is 40.7 Å². The standard InChI is InChI=1S/C27H27F3N6O4S/c1-39-21-13-16(23-20(29)4-3-17(24(23)30)19(28)6-7-33-41(37)38)12-18-25(21)34-26(15-2-5-22(31)32-14-15)35-27(18)36-8-10-40-11-9-36/h2-5,12-14,19,33H,6-11H2,1H3,(H2,31,32)(H,37,38)/p-1. The van der Waals surface area contributed by atoms with Gasteiger partial charge in [-0.2, -0.15) is 0 Å². The van der Waals surface area contributed by atoms with Crippen molar-refractivity contribution in [3.05, 3.63) is 59.8 Å². The molecule has 1 saturated heterocycles. The molecule has 3 heterocycles. The fourth-order valence-corrected chi connectivity index (χ4v) is 4.95. The average Bonchev–Trinajstić information content (AvgIpc) is 2.97. The molecule has 0 spiro atoms. The molecular formula is C27H26F3N6O4S-. The van der Waals surface area contributed by atoms with Crippen molar-refractivity contribution in [2.24, 2.45) is 0 Å². The lowest BCUT2D eigenvalue weighted by Gasteiger charge is -2.29. The second-order valence-corrected chi connectivity index (χ2v) is 9.99. The summed E-state index contributed by atoms with van der Waals surface area (Å²) in [5.41, 5.74) is 6.00. The number of aromatic nitrogens is 3. The molecule has 0 saturated carbocycles. The summed E-state index contributed by atoms with van der Waals surface area (Å²) in [5, 5.41) is 0.469. The van der Waals surface area contributed by atoms with Crippen LogP contribution in [-0.4, -0.2) is 63.7 Å². The molecule has 2 atom stereocenters. The second-order valence-electron chi connectivity index (χ2n) is 9.23. The minimum absolute atomic E-state index is 0.0946. The Balaban J connectivity index is 1.67. The van der Waals surface area contributed by atoms with Crippen molar-refractivity contribution >= 4 is 33.8 Å². The molecule has 1 aliphatic heterocycles. The van der Waals surface area contributed by atoms with Crippen molar-refractivity contribution in [3.8, 4) is 28.3 Å². The predicted molar refractivity (Wildman–Crippen MR) is 148 cm³/mol. The van der Waals surface area contributed by atoms with Crippen molar-refractivity contribution < 1.29 is 31.4 Å². The number of anilines is 2. The Kier molecular flexibility index (Phi) is 8.63. The molecule has 216 valence electrons. The highest BCUT2D eigenvalue weighted by Crippen LogP contribution is 2.40. The lowest BCUT2D eigenvalue weighted by Crippen LogP contribution is -2.37. The van der Waals surface area contributed by atoms with E-state index in [4.69, 9.17) is 25.2 Å². The first-order valence-corrected chi connectivity index (χ1v) is 13.7. The van der Waals surface area contributed by atoms with Crippen LogP contribution >= 0.6 is 0 Å². The number of nitrogens with zero attached hydrogens (tertiary/aromatic N) is 4. The number of halogens is 3. The largest absolute Gasteiger partial charge is 0.760 e. The van der Waals surface area contributed by atoms with Crippen molar-refractivity contribution in [2.75, 3.05) is 50.6 Å². The number of hydrogen-bond acceptors (Lipinski definition) is 9. The van der Waals surface area contributed by atoms with Gasteiger partial charge in [0.2, 0.25) is 0 Å². The van der Waals surface area contributed by atoms with Crippen LogP contribution in [0.25, 0.3) is 33.4 Å². The van der Waals surface area contributed by atoms with Gasteiger partial charge in [0.15, 0.2) is 5.82 Å². The molecule has 0 bridgehead atoms. The fraction of sp³-hybridized carbons (Fsp3) is 0.296. The molecule has 41 heavy (non-hydrogen) atoms. The van der Waals surface area contributed by atoms with Crippen LogP contribution in [0.1, 0.15) is 18.2 Å². The molecule has 0 amide bonds. The number of benzene rings is 2. The quantitative estimate of drug-likeness (QED) is 0.280. The van der Waals surface area contributed by atoms with Crippen molar-refractivity contribution in [3.63, 3.8) is 0 Å². The minimum atomic E-state index is -2.59. The van der Waals surface area contributed by atoms with E-state index < -0.39 is 40.2 Å². The normalized spacial score (nSPS) is 15.2. The van der Waals surface area contributed by atoms with E-state index in [2.05, 4.69) is 4.98 Å². The second kappa shape index (κ2) is 12.3. The molecule has 0 aliphatic carbocycles. The summed E-state index contributed by atoms with van der Waals surface area (Å²) >= 11 is -2.59. The summed E-state index contributed by atoms with van der Waals surface area (Å²) in [6.07, 6.45) is -0.667. The van der Waals surface area contributed by atoms with Gasteiger partial charge in [-0.1, -0.05) is 6.07 Å². The highest BCUT2D eigenvalue weighted by molar-refractivity contribution is 7.77. The molecule has 4 aromatic rings. The van der Waals surface area contributed by atoms with Crippen LogP contribution in [0.2, 0.25) is 0 Å². The summed E-state index contributed by atoms with van der Waals surface area (Å²) in [4.78, 5) is 15.6. The molecule has 10 nitrogen and oxygen atoms in total. The highest BCUT2D eigenvalue weighted by Gasteiger charge is 2.25. The third-order valence-electron chi connectivity index (χ3n) is 6.69. The van der Waals surface area contributed by atoms with E-state index in [-0.39, 0.29) is 24.3 Å². The lowest BCUT2D eigenvalue weighted by molar-refractivity contribution is 0.122. The Hall–Kier alpha value is -3.85. The Bertz CT molecular complexity index is 1590. The number of methoxy groups -OCH3 is 1. The molecular weight excluding hydrogens is 561 g/mol. The maximum atomic E-state index is 15.7. The molecule has 2 aromatic heterocycles. The number of nitrogens with one attached hydrogen (secondary N) is 1. The van der Waals surface area contributed by atoms with Crippen molar-refractivity contribution in [1.82, 2.24) is 19.7 Å². The van der Waals surface area contributed by atoms with Gasteiger partial charge in [-0.25, -0.2) is 32.8 Å². The molecule has 2 aromatic carbocycles. The van der Waals surface area contributed by atoms with E-state index in [0.29, 0.717) is 60.2 Å². The number of fused-ring (bicyclic) bond motifs is 1. The van der Waals surface area contributed by atoms with E-state index in [1.54, 1.807) is 24.4 Å². The molecule has 3 N–H and O–H groups in total. The van der Waals surface area contributed by atoms with Crippen molar-refractivity contribution in [1.29, 1.82) is 0 Å². The topological polar surface area (TPSA) is 139 Å². The van der Waals surface area contributed by atoms with Gasteiger partial charge < -0.3 is 24.7 Å². The van der Waals surface area contributed by atoms with Gasteiger partial charge in [-0.15, -0.1) is 0 Å². The van der Waals surface area contributed by atoms with E-state index in [9.17, 15) is 13.2 Å². The molecule has 2 unspecified atom stereocenters. The summed E-state index contributed by atoms with van der Waals surface area (Å²) in [5.74, 6) is -0.588. The van der Waals surface area contributed by atoms with Crippen LogP contribution in [0, 0.1) is 11.6 Å². The Morgan fingerprint density at radius 1 is 1.17 bits per heavy atom. The zero-order valence-electron chi connectivity index (χ0n) is 21.9.